The van der Waals surface area contributed by atoms with E-state index in [1.165, 1.54) is 31.4 Å². The molecule has 1 atom stereocenters. The number of aromatic nitrogens is 3. The molecule has 0 unspecified atom stereocenters. The Kier molecular flexibility index (Phi) is 4.34. The number of nitrogens with zero attached hydrogens (tertiary/aromatic N) is 4. The van der Waals surface area contributed by atoms with Gasteiger partial charge in [-0.25, -0.2) is 4.98 Å². The van der Waals surface area contributed by atoms with Crippen molar-refractivity contribution in [2.24, 2.45) is 7.05 Å². The number of rotatable bonds is 5. The number of aryl methyl sites for hydroxylation is 2. The lowest BCUT2D eigenvalue weighted by molar-refractivity contribution is 0.193. The van der Waals surface area contributed by atoms with Gasteiger partial charge in [0, 0.05) is 25.7 Å². The molecule has 0 bridgehead atoms. The van der Waals surface area contributed by atoms with Crippen LogP contribution in [0.5, 0.6) is 0 Å². The lowest BCUT2D eigenvalue weighted by Crippen LogP contribution is -2.35. The Morgan fingerprint density at radius 3 is 3.04 bits per heavy atom. The highest BCUT2D eigenvalue weighted by atomic mass is 16.3. The maximum absolute atomic E-state index is 5.98. The summed E-state index contributed by atoms with van der Waals surface area (Å²) in [6.45, 7) is 3.37. The van der Waals surface area contributed by atoms with Gasteiger partial charge in [0.1, 0.15) is 5.52 Å². The van der Waals surface area contributed by atoms with Gasteiger partial charge < -0.3 is 9.32 Å². The summed E-state index contributed by atoms with van der Waals surface area (Å²) in [6, 6.07) is 8.04. The van der Waals surface area contributed by atoms with Crippen LogP contribution in [0.3, 0.4) is 0 Å². The molecule has 24 heavy (non-hydrogen) atoms. The fourth-order valence-electron chi connectivity index (χ4n) is 3.63. The lowest BCUT2D eigenvalue weighted by atomic mass is 9.97. The van der Waals surface area contributed by atoms with E-state index in [9.17, 15) is 0 Å². The third kappa shape index (κ3) is 3.36. The molecule has 1 saturated heterocycles. The molecule has 1 aromatic carbocycles. The van der Waals surface area contributed by atoms with E-state index >= 15 is 0 Å². The zero-order valence-corrected chi connectivity index (χ0v) is 14.2. The molecule has 1 aliphatic heterocycles. The fourth-order valence-corrected chi connectivity index (χ4v) is 3.63. The smallest absolute Gasteiger partial charge is 0.199 e. The molecule has 1 fully saturated rings. The first kappa shape index (κ1) is 15.4. The molecular weight excluding hydrogens is 300 g/mol. The quantitative estimate of drug-likeness (QED) is 0.722. The molecule has 0 amide bonds. The minimum absolute atomic E-state index is 0.421. The summed E-state index contributed by atoms with van der Waals surface area (Å²) in [5.41, 5.74) is 3.20. The average Bonchev–Trinajstić information content (AvgIpc) is 3.21. The van der Waals surface area contributed by atoms with Crippen LogP contribution in [-0.4, -0.2) is 39.3 Å². The van der Waals surface area contributed by atoms with Crippen LogP contribution >= 0.6 is 0 Å². The van der Waals surface area contributed by atoms with E-state index in [0.29, 0.717) is 5.92 Å². The third-order valence-electron chi connectivity index (χ3n) is 4.86. The van der Waals surface area contributed by atoms with Crippen molar-refractivity contribution in [3.05, 3.63) is 48.1 Å². The van der Waals surface area contributed by atoms with Gasteiger partial charge in [0.05, 0.1) is 6.20 Å². The number of piperidine rings is 1. The standard InChI is InChI=1S/C19H24N4O/c1-22-13-15(12-20-22)6-4-10-23-11-5-7-16(14-23)19-21-17-8-2-3-9-18(17)24-19/h2-3,8-9,12-13,16H,4-7,10-11,14H2,1H3/t16-/m0/s1. The van der Waals surface area contributed by atoms with Crippen molar-refractivity contribution in [1.29, 1.82) is 0 Å². The Bertz CT molecular complexity index is 773. The molecule has 3 heterocycles. The van der Waals surface area contributed by atoms with Crippen molar-refractivity contribution in [1.82, 2.24) is 19.7 Å². The second kappa shape index (κ2) is 6.77. The van der Waals surface area contributed by atoms with Gasteiger partial charge in [-0.15, -0.1) is 0 Å². The first-order valence-corrected chi connectivity index (χ1v) is 8.83. The fraction of sp³-hybridized carbons (Fsp3) is 0.474. The highest BCUT2D eigenvalue weighted by molar-refractivity contribution is 5.72. The van der Waals surface area contributed by atoms with Crippen molar-refractivity contribution in [2.45, 2.75) is 31.6 Å². The highest BCUT2D eigenvalue weighted by Gasteiger charge is 2.25. The van der Waals surface area contributed by atoms with E-state index in [1.54, 1.807) is 0 Å². The minimum Gasteiger partial charge on any atom is -0.440 e. The van der Waals surface area contributed by atoms with E-state index in [-0.39, 0.29) is 0 Å². The minimum atomic E-state index is 0.421. The number of para-hydroxylation sites is 2. The molecule has 1 aliphatic rings. The first-order valence-electron chi connectivity index (χ1n) is 8.83. The number of likely N-dealkylation sites (tertiary alicyclic amines) is 1. The summed E-state index contributed by atoms with van der Waals surface area (Å²) in [5.74, 6) is 1.33. The maximum Gasteiger partial charge on any atom is 0.199 e. The van der Waals surface area contributed by atoms with Crippen LogP contribution < -0.4 is 0 Å². The Hall–Kier alpha value is -2.14. The molecule has 0 radical (unpaired) electrons. The molecule has 0 N–H and O–H groups in total. The first-order chi connectivity index (χ1) is 11.8. The van der Waals surface area contributed by atoms with Crippen molar-refractivity contribution >= 4 is 11.1 Å². The molecule has 0 saturated carbocycles. The number of fused-ring (bicyclic) bond motifs is 1. The molecule has 3 aromatic rings. The Labute approximate surface area is 142 Å². The SMILES string of the molecule is Cn1cc(CCCN2CCC[C@H](c3nc4ccccc4o3)C2)cn1. The van der Waals surface area contributed by atoms with E-state index in [0.717, 1.165) is 36.5 Å². The summed E-state index contributed by atoms with van der Waals surface area (Å²) in [5, 5.41) is 4.24. The van der Waals surface area contributed by atoms with Gasteiger partial charge in [0.25, 0.3) is 0 Å². The van der Waals surface area contributed by atoms with Crippen LogP contribution in [0.1, 0.15) is 36.6 Å². The molecule has 0 aliphatic carbocycles. The van der Waals surface area contributed by atoms with Gasteiger partial charge >= 0.3 is 0 Å². The highest BCUT2D eigenvalue weighted by Crippen LogP contribution is 2.29. The van der Waals surface area contributed by atoms with Gasteiger partial charge in [-0.3, -0.25) is 4.68 Å². The second-order valence-corrected chi connectivity index (χ2v) is 6.79. The van der Waals surface area contributed by atoms with Crippen LogP contribution in [0, 0.1) is 0 Å². The van der Waals surface area contributed by atoms with Crippen LogP contribution in [0.2, 0.25) is 0 Å². The molecule has 0 spiro atoms. The summed E-state index contributed by atoms with van der Waals surface area (Å²) in [7, 11) is 1.97. The van der Waals surface area contributed by atoms with Gasteiger partial charge in [-0.2, -0.15) is 5.10 Å². The van der Waals surface area contributed by atoms with Gasteiger partial charge in [0.15, 0.2) is 11.5 Å². The van der Waals surface area contributed by atoms with Crippen LogP contribution in [0.4, 0.5) is 0 Å². The third-order valence-corrected chi connectivity index (χ3v) is 4.86. The molecule has 4 rings (SSSR count). The number of hydrogen-bond donors (Lipinski definition) is 0. The van der Waals surface area contributed by atoms with E-state index in [1.807, 2.05) is 42.2 Å². The Morgan fingerprint density at radius 1 is 1.29 bits per heavy atom. The van der Waals surface area contributed by atoms with Gasteiger partial charge in [-0.05, 0) is 56.5 Å². The van der Waals surface area contributed by atoms with E-state index in [4.69, 9.17) is 9.40 Å². The Morgan fingerprint density at radius 2 is 2.21 bits per heavy atom. The molecular formula is C19H24N4O. The Balaban J connectivity index is 1.35. The second-order valence-electron chi connectivity index (χ2n) is 6.79. The molecule has 2 aromatic heterocycles. The predicted molar refractivity (Wildman–Crippen MR) is 94.0 cm³/mol. The topological polar surface area (TPSA) is 47.1 Å². The van der Waals surface area contributed by atoms with Crippen molar-refractivity contribution < 1.29 is 4.42 Å². The molecule has 5 nitrogen and oxygen atoms in total. The van der Waals surface area contributed by atoms with Gasteiger partial charge in [0.2, 0.25) is 0 Å². The number of benzene rings is 1. The van der Waals surface area contributed by atoms with E-state index < -0.39 is 0 Å². The normalized spacial score (nSPS) is 19.1. The predicted octanol–water partition coefficient (Wildman–Crippen LogP) is 3.37. The maximum atomic E-state index is 5.98. The van der Waals surface area contributed by atoms with Crippen molar-refractivity contribution in [3.63, 3.8) is 0 Å². The monoisotopic (exact) mass is 324 g/mol. The number of hydrogen-bond acceptors (Lipinski definition) is 4. The van der Waals surface area contributed by atoms with Gasteiger partial charge in [-0.1, -0.05) is 12.1 Å². The van der Waals surface area contributed by atoms with Crippen LogP contribution in [0.25, 0.3) is 11.1 Å². The van der Waals surface area contributed by atoms with Crippen LogP contribution in [-0.2, 0) is 13.5 Å². The largest absolute Gasteiger partial charge is 0.440 e. The molecule has 126 valence electrons. The summed E-state index contributed by atoms with van der Waals surface area (Å²) in [6.07, 6.45) is 8.74. The van der Waals surface area contributed by atoms with Crippen LogP contribution in [0.15, 0.2) is 41.1 Å². The lowest BCUT2D eigenvalue weighted by Gasteiger charge is -2.31. The zero-order chi connectivity index (χ0) is 16.4. The number of oxazole rings is 1. The van der Waals surface area contributed by atoms with Crippen molar-refractivity contribution in [3.8, 4) is 0 Å². The summed E-state index contributed by atoms with van der Waals surface area (Å²) in [4.78, 5) is 7.25. The average molecular weight is 324 g/mol. The van der Waals surface area contributed by atoms with E-state index in [2.05, 4.69) is 16.2 Å². The van der Waals surface area contributed by atoms with Crippen molar-refractivity contribution in [2.75, 3.05) is 19.6 Å². The zero-order valence-electron chi connectivity index (χ0n) is 14.2. The summed E-state index contributed by atoms with van der Waals surface area (Å²) < 4.78 is 7.86. The molecule has 5 heteroatoms. The summed E-state index contributed by atoms with van der Waals surface area (Å²) >= 11 is 0.